The Balaban J connectivity index is 1.30. The Bertz CT molecular complexity index is 768. The van der Waals surface area contributed by atoms with Gasteiger partial charge in [0.25, 0.3) is 0 Å². The normalized spacial score (nSPS) is 45.1. The van der Waals surface area contributed by atoms with Crippen molar-refractivity contribution in [1.29, 1.82) is 0 Å². The van der Waals surface area contributed by atoms with Crippen LogP contribution in [0.2, 0.25) is 0 Å². The number of esters is 1. The molecule has 0 unspecified atom stereocenters. The first-order valence-electron chi connectivity index (χ1n) is 11.2. The number of fused-ring (bicyclic) bond motifs is 5. The van der Waals surface area contributed by atoms with Crippen LogP contribution in [-0.4, -0.2) is 17.9 Å². The highest BCUT2D eigenvalue weighted by Crippen LogP contribution is 2.65. The maximum absolute atomic E-state index is 12.6. The van der Waals surface area contributed by atoms with Crippen molar-refractivity contribution in [2.75, 3.05) is 0 Å². The molecule has 0 aromatic carbocycles. The van der Waals surface area contributed by atoms with Gasteiger partial charge in [-0.3, -0.25) is 4.79 Å². The second-order valence-corrected chi connectivity index (χ2v) is 10.4. The van der Waals surface area contributed by atoms with E-state index in [1.807, 2.05) is 0 Å². The lowest BCUT2D eigenvalue weighted by Gasteiger charge is -2.60. The molecule has 0 N–H and O–H groups in total. The van der Waals surface area contributed by atoms with Gasteiger partial charge in [-0.05, 0) is 92.6 Å². The molecule has 4 fully saturated rings. The molecule has 0 radical (unpaired) electrons. The van der Waals surface area contributed by atoms with Crippen LogP contribution >= 0.6 is 0 Å². The first-order valence-corrected chi connectivity index (χ1v) is 11.2. The standard InChI is InChI=1S/C24H32O4/c1-23-11-9-16(28-22(26)20-4-3-13-27-20)14-15(23)5-6-17-18-7-8-21(25)24(18,2)12-10-19(17)23/h3-4,13,15-19H,5-12,14H2,1-2H3/t15-,16-,17-,18-,19-,23-,24-/m0/s1. The summed E-state index contributed by atoms with van der Waals surface area (Å²) < 4.78 is 11.0. The molecule has 1 heterocycles. The van der Waals surface area contributed by atoms with Crippen LogP contribution in [0.25, 0.3) is 0 Å². The van der Waals surface area contributed by atoms with Gasteiger partial charge in [0.05, 0.1) is 6.26 Å². The topological polar surface area (TPSA) is 56.5 Å². The van der Waals surface area contributed by atoms with Gasteiger partial charge in [-0.15, -0.1) is 0 Å². The maximum atomic E-state index is 12.6. The highest BCUT2D eigenvalue weighted by atomic mass is 16.6. The van der Waals surface area contributed by atoms with Crippen molar-refractivity contribution >= 4 is 11.8 Å². The smallest absolute Gasteiger partial charge is 0.374 e. The molecule has 1 aromatic rings. The second kappa shape index (κ2) is 6.47. The lowest BCUT2D eigenvalue weighted by molar-refractivity contribution is -0.142. The van der Waals surface area contributed by atoms with Crippen molar-refractivity contribution in [1.82, 2.24) is 0 Å². The summed E-state index contributed by atoms with van der Waals surface area (Å²) >= 11 is 0. The number of carbonyl (C=O) groups is 2. The molecule has 0 amide bonds. The van der Waals surface area contributed by atoms with E-state index in [1.54, 1.807) is 12.1 Å². The summed E-state index contributed by atoms with van der Waals surface area (Å²) in [5.41, 5.74) is 0.295. The number of rotatable bonds is 2. The third kappa shape index (κ3) is 2.63. The number of ketones is 1. The van der Waals surface area contributed by atoms with Crippen LogP contribution in [0.4, 0.5) is 0 Å². The molecule has 28 heavy (non-hydrogen) atoms. The van der Waals surface area contributed by atoms with Crippen LogP contribution in [0.5, 0.6) is 0 Å². The molecule has 4 aliphatic carbocycles. The number of Topliss-reactive ketones (excluding diaryl/α,β-unsaturated/α-hetero) is 1. The van der Waals surface area contributed by atoms with Crippen molar-refractivity contribution in [2.24, 2.45) is 34.5 Å². The minimum absolute atomic E-state index is 0.00846. The summed E-state index contributed by atoms with van der Waals surface area (Å²) in [6.45, 7) is 4.75. The Hall–Kier alpha value is -1.58. The first kappa shape index (κ1) is 18.4. The van der Waals surface area contributed by atoms with Crippen molar-refractivity contribution in [3.05, 3.63) is 24.2 Å². The van der Waals surface area contributed by atoms with Crippen molar-refractivity contribution in [3.8, 4) is 0 Å². The molecule has 7 atom stereocenters. The van der Waals surface area contributed by atoms with Gasteiger partial charge in [-0.2, -0.15) is 0 Å². The molecule has 0 spiro atoms. The van der Waals surface area contributed by atoms with Gasteiger partial charge < -0.3 is 9.15 Å². The van der Waals surface area contributed by atoms with E-state index in [2.05, 4.69) is 13.8 Å². The fraction of sp³-hybridized carbons (Fsp3) is 0.750. The monoisotopic (exact) mass is 384 g/mol. The third-order valence-corrected chi connectivity index (χ3v) is 9.32. The minimum Gasteiger partial charge on any atom is -0.457 e. The molecule has 0 bridgehead atoms. The molecular formula is C24H32O4. The second-order valence-electron chi connectivity index (χ2n) is 10.4. The molecule has 1 aromatic heterocycles. The third-order valence-electron chi connectivity index (χ3n) is 9.32. The van der Waals surface area contributed by atoms with Crippen LogP contribution in [0.1, 0.15) is 82.2 Å². The van der Waals surface area contributed by atoms with Gasteiger partial charge in [0.1, 0.15) is 11.9 Å². The predicted octanol–water partition coefficient (Wildman–Crippen LogP) is 5.42. The molecular weight excluding hydrogens is 352 g/mol. The Labute approximate surface area is 167 Å². The van der Waals surface area contributed by atoms with Gasteiger partial charge in [-0.25, -0.2) is 4.79 Å². The molecule has 4 heteroatoms. The van der Waals surface area contributed by atoms with E-state index >= 15 is 0 Å². The quantitative estimate of drug-likeness (QED) is 0.639. The number of carbonyl (C=O) groups excluding carboxylic acids is 2. The average Bonchev–Trinajstić information content (AvgIpc) is 3.31. The Kier molecular flexibility index (Phi) is 4.26. The van der Waals surface area contributed by atoms with E-state index in [9.17, 15) is 9.59 Å². The van der Waals surface area contributed by atoms with Gasteiger partial charge in [0, 0.05) is 11.8 Å². The highest BCUT2D eigenvalue weighted by Gasteiger charge is 2.60. The number of hydrogen-bond donors (Lipinski definition) is 0. The summed E-state index contributed by atoms with van der Waals surface area (Å²) in [6, 6.07) is 3.39. The molecule has 0 saturated heterocycles. The van der Waals surface area contributed by atoms with Crippen LogP contribution in [0.15, 0.2) is 22.8 Å². The summed E-state index contributed by atoms with van der Waals surface area (Å²) in [5.74, 6) is 3.17. The van der Waals surface area contributed by atoms with E-state index in [1.165, 1.54) is 25.5 Å². The van der Waals surface area contributed by atoms with E-state index < -0.39 is 0 Å². The van der Waals surface area contributed by atoms with Crippen LogP contribution < -0.4 is 0 Å². The van der Waals surface area contributed by atoms with Crippen molar-refractivity contribution < 1.29 is 18.7 Å². The first-order chi connectivity index (χ1) is 13.4. The average molecular weight is 385 g/mol. The zero-order chi connectivity index (χ0) is 19.5. The molecule has 4 saturated carbocycles. The fourth-order valence-electron chi connectivity index (χ4n) is 7.70. The zero-order valence-corrected chi connectivity index (χ0v) is 17.1. The summed E-state index contributed by atoms with van der Waals surface area (Å²) in [6.07, 6.45) is 11.2. The number of hydrogen-bond acceptors (Lipinski definition) is 4. The highest BCUT2D eigenvalue weighted by molar-refractivity contribution is 5.87. The molecule has 4 nitrogen and oxygen atoms in total. The Morgan fingerprint density at radius 2 is 1.96 bits per heavy atom. The molecule has 4 aliphatic rings. The fourth-order valence-corrected chi connectivity index (χ4v) is 7.70. The van der Waals surface area contributed by atoms with E-state index in [0.717, 1.165) is 44.4 Å². The molecule has 5 rings (SSSR count). The molecule has 152 valence electrons. The summed E-state index contributed by atoms with van der Waals surface area (Å²) in [7, 11) is 0. The van der Waals surface area contributed by atoms with Crippen LogP contribution in [0, 0.1) is 34.5 Å². The SMILES string of the molecule is C[C@]12CC[C@H](OC(=O)c3ccco3)C[C@@H]1CC[C@@H]1[C@@H]2CC[C@]2(C)C(=O)CC[C@@H]12. The van der Waals surface area contributed by atoms with E-state index in [4.69, 9.17) is 9.15 Å². The lowest BCUT2D eigenvalue weighted by Crippen LogP contribution is -2.54. The van der Waals surface area contributed by atoms with Gasteiger partial charge in [0.15, 0.2) is 0 Å². The van der Waals surface area contributed by atoms with Gasteiger partial charge >= 0.3 is 5.97 Å². The summed E-state index contributed by atoms with van der Waals surface area (Å²) in [4.78, 5) is 24.8. The summed E-state index contributed by atoms with van der Waals surface area (Å²) in [5, 5.41) is 0. The van der Waals surface area contributed by atoms with Gasteiger partial charge in [0.2, 0.25) is 5.76 Å². The van der Waals surface area contributed by atoms with E-state index in [-0.39, 0.29) is 17.5 Å². The Morgan fingerprint density at radius 3 is 2.75 bits per heavy atom. The Morgan fingerprint density at radius 1 is 1.11 bits per heavy atom. The van der Waals surface area contributed by atoms with Gasteiger partial charge in [-0.1, -0.05) is 13.8 Å². The van der Waals surface area contributed by atoms with Crippen LogP contribution in [0.3, 0.4) is 0 Å². The number of furan rings is 1. The number of ether oxygens (including phenoxy) is 1. The zero-order valence-electron chi connectivity index (χ0n) is 17.1. The van der Waals surface area contributed by atoms with Crippen molar-refractivity contribution in [3.63, 3.8) is 0 Å². The van der Waals surface area contributed by atoms with Crippen LogP contribution in [-0.2, 0) is 9.53 Å². The largest absolute Gasteiger partial charge is 0.457 e. The minimum atomic E-state index is -0.329. The maximum Gasteiger partial charge on any atom is 0.374 e. The van der Waals surface area contributed by atoms with E-state index in [0.29, 0.717) is 34.7 Å². The van der Waals surface area contributed by atoms with Crippen molar-refractivity contribution in [2.45, 2.75) is 77.7 Å². The lowest BCUT2D eigenvalue weighted by atomic mass is 9.45. The molecule has 0 aliphatic heterocycles. The predicted molar refractivity (Wildman–Crippen MR) is 105 cm³/mol.